The molecule has 3 aromatic rings. The molecule has 0 N–H and O–H groups in total. The van der Waals surface area contributed by atoms with E-state index in [4.69, 9.17) is 4.84 Å². The fourth-order valence-corrected chi connectivity index (χ4v) is 3.50. The van der Waals surface area contributed by atoms with Crippen LogP contribution in [0, 0.1) is 0 Å². The summed E-state index contributed by atoms with van der Waals surface area (Å²) in [4.78, 5) is 21.5. The highest BCUT2D eigenvalue weighted by Gasteiger charge is 2.18. The molecule has 0 aliphatic carbocycles. The van der Waals surface area contributed by atoms with Crippen LogP contribution in [0.3, 0.4) is 0 Å². The van der Waals surface area contributed by atoms with Gasteiger partial charge in [0, 0.05) is 18.7 Å². The molecule has 1 aromatic heterocycles. The predicted octanol–water partition coefficient (Wildman–Crippen LogP) is 3.59. The Hall–Kier alpha value is -2.99. The van der Waals surface area contributed by atoms with Crippen molar-refractivity contribution in [2.45, 2.75) is 26.2 Å². The van der Waals surface area contributed by atoms with Gasteiger partial charge in [-0.1, -0.05) is 54.6 Å². The molecule has 2 heterocycles. The molecule has 4 rings (SSSR count). The van der Waals surface area contributed by atoms with Crippen molar-refractivity contribution in [2.24, 2.45) is 0 Å². The fourth-order valence-electron chi connectivity index (χ4n) is 3.50. The largest absolute Gasteiger partial charge is 0.365 e. The number of carbonyl (C=O) groups is 1. The van der Waals surface area contributed by atoms with Gasteiger partial charge < -0.3 is 4.84 Å². The third-order valence-electron chi connectivity index (χ3n) is 5.09. The summed E-state index contributed by atoms with van der Waals surface area (Å²) in [6.07, 6.45) is 5.72. The molecule has 6 heteroatoms. The standard InChI is InChI=1S/C22H24N4O2/c1-2-3-14-25-15-12-17(13-16-25)19-10-7-11-20-21(19)23-24-26(20)28-22(27)18-8-5-4-6-9-18/h4-12H,2-3,13-16H2,1H3. The molecule has 144 valence electrons. The second-order valence-corrected chi connectivity index (χ2v) is 7.01. The summed E-state index contributed by atoms with van der Waals surface area (Å²) in [6.45, 7) is 5.39. The van der Waals surface area contributed by atoms with E-state index in [1.165, 1.54) is 23.3 Å². The number of nitrogens with zero attached hydrogens (tertiary/aromatic N) is 4. The summed E-state index contributed by atoms with van der Waals surface area (Å²) in [5.74, 6) is -0.457. The molecule has 0 saturated heterocycles. The second-order valence-electron chi connectivity index (χ2n) is 7.01. The summed E-state index contributed by atoms with van der Waals surface area (Å²) in [7, 11) is 0. The number of fused-ring (bicyclic) bond motifs is 1. The molecule has 0 atom stereocenters. The van der Waals surface area contributed by atoms with Crippen molar-refractivity contribution in [2.75, 3.05) is 19.6 Å². The highest BCUT2D eigenvalue weighted by molar-refractivity contribution is 5.91. The maximum absolute atomic E-state index is 12.3. The molecule has 0 unspecified atom stereocenters. The van der Waals surface area contributed by atoms with E-state index in [1.807, 2.05) is 18.2 Å². The van der Waals surface area contributed by atoms with Crippen molar-refractivity contribution in [1.29, 1.82) is 0 Å². The van der Waals surface area contributed by atoms with E-state index in [0.29, 0.717) is 11.1 Å². The van der Waals surface area contributed by atoms with E-state index in [0.717, 1.165) is 37.1 Å². The molecule has 0 bridgehead atoms. The highest BCUT2D eigenvalue weighted by Crippen LogP contribution is 2.28. The van der Waals surface area contributed by atoms with Gasteiger partial charge in [0.15, 0.2) is 0 Å². The van der Waals surface area contributed by atoms with Crippen LogP contribution >= 0.6 is 0 Å². The Labute approximate surface area is 164 Å². The topological polar surface area (TPSA) is 60.3 Å². The molecule has 1 aliphatic heterocycles. The van der Waals surface area contributed by atoms with Crippen LogP contribution in [0.5, 0.6) is 0 Å². The number of aromatic nitrogens is 3. The Morgan fingerprint density at radius 1 is 1.14 bits per heavy atom. The van der Waals surface area contributed by atoms with Crippen LogP contribution in [-0.4, -0.2) is 45.7 Å². The lowest BCUT2D eigenvalue weighted by molar-refractivity contribution is 0.0409. The van der Waals surface area contributed by atoms with Crippen molar-refractivity contribution >= 4 is 22.6 Å². The van der Waals surface area contributed by atoms with E-state index in [2.05, 4.69) is 34.3 Å². The number of carbonyl (C=O) groups excluding carboxylic acids is 1. The van der Waals surface area contributed by atoms with Crippen LogP contribution in [0.15, 0.2) is 54.6 Å². The third kappa shape index (κ3) is 3.82. The molecular formula is C22H24N4O2. The first-order chi connectivity index (χ1) is 13.8. The van der Waals surface area contributed by atoms with Gasteiger partial charge in [-0.25, -0.2) is 4.79 Å². The minimum atomic E-state index is -0.457. The average molecular weight is 376 g/mol. The first-order valence-electron chi connectivity index (χ1n) is 9.80. The van der Waals surface area contributed by atoms with Crippen molar-refractivity contribution < 1.29 is 9.63 Å². The van der Waals surface area contributed by atoms with Crippen LogP contribution in [0.2, 0.25) is 0 Å². The Kier molecular flexibility index (Phi) is 5.48. The van der Waals surface area contributed by atoms with E-state index in [1.54, 1.807) is 24.3 Å². The molecule has 0 spiro atoms. The van der Waals surface area contributed by atoms with E-state index in [-0.39, 0.29) is 0 Å². The first kappa shape index (κ1) is 18.4. The lowest BCUT2D eigenvalue weighted by Gasteiger charge is -2.26. The minimum Gasteiger partial charge on any atom is -0.312 e. The van der Waals surface area contributed by atoms with Crippen molar-refractivity contribution in [3.05, 3.63) is 65.7 Å². The Balaban J connectivity index is 1.56. The fraction of sp³-hybridized carbons (Fsp3) is 0.318. The van der Waals surface area contributed by atoms with E-state index in [9.17, 15) is 4.79 Å². The molecule has 1 aliphatic rings. The van der Waals surface area contributed by atoms with Gasteiger partial charge in [0.25, 0.3) is 0 Å². The van der Waals surface area contributed by atoms with E-state index < -0.39 is 5.97 Å². The first-order valence-corrected chi connectivity index (χ1v) is 9.80. The predicted molar refractivity (Wildman–Crippen MR) is 109 cm³/mol. The minimum absolute atomic E-state index is 0.457. The van der Waals surface area contributed by atoms with Crippen LogP contribution < -0.4 is 4.84 Å². The van der Waals surface area contributed by atoms with Gasteiger partial charge in [-0.2, -0.15) is 0 Å². The Morgan fingerprint density at radius 2 is 2.00 bits per heavy atom. The summed E-state index contributed by atoms with van der Waals surface area (Å²) in [6, 6.07) is 14.8. The number of unbranched alkanes of at least 4 members (excludes halogenated alkanes) is 1. The zero-order valence-corrected chi connectivity index (χ0v) is 16.0. The summed E-state index contributed by atoms with van der Waals surface area (Å²) >= 11 is 0. The van der Waals surface area contributed by atoms with Gasteiger partial charge in [0.2, 0.25) is 0 Å². The van der Waals surface area contributed by atoms with Crippen LogP contribution in [0.25, 0.3) is 16.6 Å². The van der Waals surface area contributed by atoms with Crippen molar-refractivity contribution in [3.8, 4) is 0 Å². The third-order valence-corrected chi connectivity index (χ3v) is 5.09. The van der Waals surface area contributed by atoms with Gasteiger partial charge >= 0.3 is 5.97 Å². The van der Waals surface area contributed by atoms with Crippen molar-refractivity contribution in [1.82, 2.24) is 20.1 Å². The SMILES string of the molecule is CCCCN1CC=C(c2cccc3c2nnn3OC(=O)c2ccccc2)CC1. The lowest BCUT2D eigenvalue weighted by Crippen LogP contribution is -2.29. The quantitative estimate of drug-likeness (QED) is 0.615. The maximum atomic E-state index is 12.3. The number of rotatable bonds is 6. The molecule has 0 saturated carbocycles. The normalized spacial score (nSPS) is 14.8. The molecule has 0 amide bonds. The average Bonchev–Trinajstić information content (AvgIpc) is 3.16. The maximum Gasteiger partial charge on any atom is 0.365 e. The van der Waals surface area contributed by atoms with Crippen LogP contribution in [0.4, 0.5) is 0 Å². The molecule has 0 radical (unpaired) electrons. The number of hydrogen-bond donors (Lipinski definition) is 0. The van der Waals surface area contributed by atoms with Crippen molar-refractivity contribution in [3.63, 3.8) is 0 Å². The van der Waals surface area contributed by atoms with Crippen LogP contribution in [-0.2, 0) is 0 Å². The smallest absolute Gasteiger partial charge is 0.312 e. The number of benzene rings is 2. The van der Waals surface area contributed by atoms with Gasteiger partial charge in [-0.15, -0.1) is 5.10 Å². The van der Waals surface area contributed by atoms with Gasteiger partial charge in [0.05, 0.1) is 5.56 Å². The summed E-state index contributed by atoms with van der Waals surface area (Å²) in [5.41, 5.74) is 4.27. The zero-order chi connectivity index (χ0) is 19.3. The summed E-state index contributed by atoms with van der Waals surface area (Å²) < 4.78 is 0. The van der Waals surface area contributed by atoms with E-state index >= 15 is 0 Å². The van der Waals surface area contributed by atoms with Gasteiger partial charge in [-0.3, -0.25) is 4.90 Å². The van der Waals surface area contributed by atoms with Gasteiger partial charge in [-0.05, 0) is 48.4 Å². The molecule has 2 aromatic carbocycles. The van der Waals surface area contributed by atoms with Gasteiger partial charge in [0.1, 0.15) is 11.0 Å². The zero-order valence-electron chi connectivity index (χ0n) is 16.0. The molecule has 28 heavy (non-hydrogen) atoms. The molecular weight excluding hydrogens is 352 g/mol. The highest BCUT2D eigenvalue weighted by atomic mass is 16.7. The number of hydrogen-bond acceptors (Lipinski definition) is 5. The Morgan fingerprint density at radius 3 is 2.75 bits per heavy atom. The lowest BCUT2D eigenvalue weighted by atomic mass is 9.98. The molecule has 6 nitrogen and oxygen atoms in total. The van der Waals surface area contributed by atoms with Crippen LogP contribution in [0.1, 0.15) is 42.1 Å². The monoisotopic (exact) mass is 376 g/mol. The molecule has 0 fully saturated rings. The summed E-state index contributed by atoms with van der Waals surface area (Å²) in [5, 5.41) is 8.35. The Bertz CT molecular complexity index is 994. The second kappa shape index (κ2) is 8.35.